The smallest absolute Gasteiger partial charge is 0.225 e. The van der Waals surface area contributed by atoms with Crippen molar-refractivity contribution in [3.8, 4) is 0 Å². The molecule has 0 radical (unpaired) electrons. The normalized spacial score (nSPS) is 20.5. The summed E-state index contributed by atoms with van der Waals surface area (Å²) in [6, 6.07) is 8.23. The first-order valence-corrected chi connectivity index (χ1v) is 10.8. The highest BCUT2D eigenvalue weighted by molar-refractivity contribution is 14.0. The van der Waals surface area contributed by atoms with Crippen molar-refractivity contribution in [2.75, 3.05) is 26.7 Å². The molecule has 29 heavy (non-hydrogen) atoms. The number of guanidine groups is 1. The number of carbonyl (C=O) groups is 1. The summed E-state index contributed by atoms with van der Waals surface area (Å²) in [5.74, 6) is 1.39. The van der Waals surface area contributed by atoms with Gasteiger partial charge in [-0.05, 0) is 30.9 Å². The van der Waals surface area contributed by atoms with Crippen LogP contribution in [0.15, 0.2) is 29.3 Å². The van der Waals surface area contributed by atoms with E-state index in [0.717, 1.165) is 48.9 Å². The number of rotatable bonds is 5. The van der Waals surface area contributed by atoms with Crippen LogP contribution in [0.1, 0.15) is 51.5 Å². The van der Waals surface area contributed by atoms with Crippen LogP contribution in [0.2, 0.25) is 5.02 Å². The summed E-state index contributed by atoms with van der Waals surface area (Å²) in [5.41, 5.74) is 0.990. The van der Waals surface area contributed by atoms with Gasteiger partial charge in [0, 0.05) is 49.1 Å². The molecule has 0 spiro atoms. The summed E-state index contributed by atoms with van der Waals surface area (Å²) in [4.78, 5) is 19.0. The van der Waals surface area contributed by atoms with Crippen LogP contribution in [0.5, 0.6) is 0 Å². The molecule has 2 N–H and O–H groups in total. The Bertz CT molecular complexity index is 719. The molecule has 1 atom stereocenters. The highest BCUT2D eigenvalue weighted by Gasteiger charge is 2.32. The molecule has 1 heterocycles. The second-order valence-electron chi connectivity index (χ2n) is 8.69. The molecule has 5 nitrogen and oxygen atoms in total. The monoisotopic (exact) mass is 532 g/mol. The van der Waals surface area contributed by atoms with Gasteiger partial charge in [-0.1, -0.05) is 56.5 Å². The maximum Gasteiger partial charge on any atom is 0.225 e. The Hall–Kier alpha value is -1.02. The first-order chi connectivity index (χ1) is 13.4. The van der Waals surface area contributed by atoms with Crippen molar-refractivity contribution >= 4 is 47.4 Å². The van der Waals surface area contributed by atoms with Crippen molar-refractivity contribution in [2.45, 2.75) is 57.4 Å². The lowest BCUT2D eigenvalue weighted by atomic mass is 9.84. The fourth-order valence-electron chi connectivity index (χ4n) is 4.31. The topological polar surface area (TPSA) is 56.7 Å². The Morgan fingerprint density at radius 1 is 1.24 bits per heavy atom. The van der Waals surface area contributed by atoms with Crippen LogP contribution in [-0.2, 0) is 10.2 Å². The standard InChI is InChI=1S/C22H33ClN4O.HI/c1-22(2,18-10-6-7-11-19(18)23)15-25-21(24-3)26-17-12-13-27(14-17)20(28)16-8-4-5-9-16;/h6-7,10-11,16-17H,4-5,8-9,12-15H2,1-3H3,(H2,24,25,26);1H. The lowest BCUT2D eigenvalue weighted by molar-refractivity contribution is -0.134. The average molecular weight is 533 g/mol. The summed E-state index contributed by atoms with van der Waals surface area (Å²) in [5, 5.41) is 7.72. The van der Waals surface area contributed by atoms with Crippen molar-refractivity contribution in [2.24, 2.45) is 10.9 Å². The van der Waals surface area contributed by atoms with Gasteiger partial charge >= 0.3 is 0 Å². The molecule has 1 amide bonds. The maximum atomic E-state index is 12.6. The van der Waals surface area contributed by atoms with Gasteiger partial charge in [-0.3, -0.25) is 9.79 Å². The molecular formula is C22H34ClIN4O. The predicted molar refractivity (Wildman–Crippen MR) is 131 cm³/mol. The molecule has 1 saturated carbocycles. The number of benzene rings is 1. The highest BCUT2D eigenvalue weighted by Crippen LogP contribution is 2.29. The summed E-state index contributed by atoms with van der Waals surface area (Å²) in [6.45, 7) is 6.67. The van der Waals surface area contributed by atoms with E-state index in [1.165, 1.54) is 12.8 Å². The maximum absolute atomic E-state index is 12.6. The first-order valence-electron chi connectivity index (χ1n) is 10.4. The number of amides is 1. The van der Waals surface area contributed by atoms with Gasteiger partial charge in [-0.25, -0.2) is 0 Å². The SMILES string of the molecule is CN=C(NCC(C)(C)c1ccccc1Cl)NC1CCN(C(=O)C2CCCC2)C1.I. The van der Waals surface area contributed by atoms with Crippen molar-refractivity contribution < 1.29 is 4.79 Å². The molecule has 2 aliphatic rings. The minimum absolute atomic E-state index is 0. The first kappa shape index (κ1) is 24.3. The third-order valence-electron chi connectivity index (χ3n) is 6.07. The highest BCUT2D eigenvalue weighted by atomic mass is 127. The molecule has 0 aromatic heterocycles. The van der Waals surface area contributed by atoms with Crippen LogP contribution in [0.25, 0.3) is 0 Å². The summed E-state index contributed by atoms with van der Waals surface area (Å²) < 4.78 is 0. The zero-order chi connectivity index (χ0) is 20.1. The van der Waals surface area contributed by atoms with E-state index in [2.05, 4.69) is 35.5 Å². The zero-order valence-electron chi connectivity index (χ0n) is 17.7. The molecule has 7 heteroatoms. The van der Waals surface area contributed by atoms with Gasteiger partial charge in [0.25, 0.3) is 0 Å². The summed E-state index contributed by atoms with van der Waals surface area (Å²) >= 11 is 6.38. The minimum atomic E-state index is -0.129. The molecule has 162 valence electrons. The van der Waals surface area contributed by atoms with Gasteiger partial charge in [0.15, 0.2) is 5.96 Å². The van der Waals surface area contributed by atoms with Gasteiger partial charge in [0.2, 0.25) is 5.91 Å². The Kier molecular flexibility index (Phi) is 9.07. The van der Waals surface area contributed by atoms with Crippen molar-refractivity contribution in [1.82, 2.24) is 15.5 Å². The van der Waals surface area contributed by atoms with Gasteiger partial charge in [0.05, 0.1) is 0 Å². The number of hydrogen-bond acceptors (Lipinski definition) is 2. The lowest BCUT2D eigenvalue weighted by Gasteiger charge is -2.28. The summed E-state index contributed by atoms with van der Waals surface area (Å²) in [7, 11) is 1.79. The van der Waals surface area contributed by atoms with E-state index in [4.69, 9.17) is 11.6 Å². The molecule has 1 aromatic carbocycles. The third kappa shape index (κ3) is 6.23. The van der Waals surface area contributed by atoms with Crippen LogP contribution < -0.4 is 10.6 Å². The second-order valence-corrected chi connectivity index (χ2v) is 9.09. The quantitative estimate of drug-likeness (QED) is 0.340. The fourth-order valence-corrected chi connectivity index (χ4v) is 4.70. The molecule has 1 unspecified atom stereocenters. The van der Waals surface area contributed by atoms with Crippen LogP contribution >= 0.6 is 35.6 Å². The third-order valence-corrected chi connectivity index (χ3v) is 6.40. The molecule has 1 saturated heterocycles. The van der Waals surface area contributed by atoms with E-state index in [1.54, 1.807) is 7.05 Å². The Labute approximate surface area is 197 Å². The Morgan fingerprint density at radius 2 is 1.93 bits per heavy atom. The number of halogens is 2. The Balaban J connectivity index is 0.00000300. The molecule has 2 fully saturated rings. The van der Waals surface area contributed by atoms with E-state index in [0.29, 0.717) is 12.5 Å². The van der Waals surface area contributed by atoms with Gasteiger partial charge in [-0.2, -0.15) is 0 Å². The molecule has 1 aromatic rings. The van der Waals surface area contributed by atoms with E-state index < -0.39 is 0 Å². The predicted octanol–water partition coefficient (Wildman–Crippen LogP) is 4.19. The summed E-state index contributed by atoms with van der Waals surface area (Å²) in [6.07, 6.45) is 5.49. The number of nitrogens with one attached hydrogen (secondary N) is 2. The number of aliphatic imine (C=N–C) groups is 1. The van der Waals surface area contributed by atoms with Gasteiger partial charge in [-0.15, -0.1) is 24.0 Å². The number of nitrogens with zero attached hydrogens (tertiary/aromatic N) is 2. The Morgan fingerprint density at radius 3 is 2.59 bits per heavy atom. The van der Waals surface area contributed by atoms with Crippen LogP contribution in [0, 0.1) is 5.92 Å². The number of hydrogen-bond donors (Lipinski definition) is 2. The molecule has 1 aliphatic carbocycles. The van der Waals surface area contributed by atoms with E-state index >= 15 is 0 Å². The van der Waals surface area contributed by atoms with Crippen LogP contribution in [0.4, 0.5) is 0 Å². The molecule has 0 bridgehead atoms. The van der Waals surface area contributed by atoms with E-state index in [1.807, 2.05) is 23.1 Å². The fraction of sp³-hybridized carbons (Fsp3) is 0.636. The van der Waals surface area contributed by atoms with E-state index in [-0.39, 0.29) is 41.4 Å². The van der Waals surface area contributed by atoms with Crippen molar-refractivity contribution in [1.29, 1.82) is 0 Å². The number of likely N-dealkylation sites (tertiary alicyclic amines) is 1. The van der Waals surface area contributed by atoms with Crippen LogP contribution in [-0.4, -0.2) is 49.5 Å². The van der Waals surface area contributed by atoms with Gasteiger partial charge < -0.3 is 15.5 Å². The largest absolute Gasteiger partial charge is 0.356 e. The lowest BCUT2D eigenvalue weighted by Crippen LogP contribution is -2.48. The molecule has 3 rings (SSSR count). The zero-order valence-corrected chi connectivity index (χ0v) is 20.8. The van der Waals surface area contributed by atoms with E-state index in [9.17, 15) is 4.79 Å². The minimum Gasteiger partial charge on any atom is -0.356 e. The second kappa shape index (κ2) is 10.8. The van der Waals surface area contributed by atoms with Crippen LogP contribution in [0.3, 0.4) is 0 Å². The molecular weight excluding hydrogens is 499 g/mol. The van der Waals surface area contributed by atoms with Crippen molar-refractivity contribution in [3.05, 3.63) is 34.9 Å². The van der Waals surface area contributed by atoms with Gasteiger partial charge in [0.1, 0.15) is 0 Å². The average Bonchev–Trinajstić information content (AvgIpc) is 3.37. The van der Waals surface area contributed by atoms with Crippen molar-refractivity contribution in [3.63, 3.8) is 0 Å². The molecule has 1 aliphatic heterocycles. The number of carbonyl (C=O) groups excluding carboxylic acids is 1.